The summed E-state index contributed by atoms with van der Waals surface area (Å²) in [5.74, 6) is 0.475. The Bertz CT molecular complexity index is 374. The lowest BCUT2D eigenvalue weighted by molar-refractivity contribution is -0.00339. The highest BCUT2D eigenvalue weighted by Crippen LogP contribution is 2.30. The van der Waals surface area contributed by atoms with Crippen LogP contribution in [-0.2, 0) is 6.54 Å². The van der Waals surface area contributed by atoms with Gasteiger partial charge < -0.3 is 20.1 Å². The van der Waals surface area contributed by atoms with E-state index in [0.29, 0.717) is 12.4 Å². The van der Waals surface area contributed by atoms with Crippen LogP contribution in [0, 0.1) is 0 Å². The zero-order valence-electron chi connectivity index (χ0n) is 10.5. The molecule has 1 aromatic rings. The molecule has 0 bridgehead atoms. The highest BCUT2D eigenvalue weighted by atomic mass is 32.1. The monoisotopic (exact) mass is 281 g/mol. The number of ether oxygens (including phenoxy) is 1. The van der Waals surface area contributed by atoms with E-state index in [-0.39, 0.29) is 6.54 Å². The first-order valence-electron chi connectivity index (χ1n) is 5.33. The molecule has 1 aromatic heterocycles. The van der Waals surface area contributed by atoms with E-state index in [4.69, 9.17) is 9.84 Å². The van der Waals surface area contributed by atoms with E-state index in [2.05, 4.69) is 10.3 Å². The maximum atomic E-state index is 12.1. The van der Waals surface area contributed by atoms with Gasteiger partial charge in [0, 0.05) is 27.2 Å². The third-order valence-electron chi connectivity index (χ3n) is 2.16. The quantitative estimate of drug-likeness (QED) is 0.779. The molecule has 0 aliphatic heterocycles. The zero-order valence-corrected chi connectivity index (χ0v) is 11.3. The summed E-state index contributed by atoms with van der Waals surface area (Å²) in [5, 5.41) is 12.5. The van der Waals surface area contributed by atoms with Gasteiger partial charge in [-0.2, -0.15) is 4.98 Å². The molecular weight excluding hydrogens is 264 g/mol. The summed E-state index contributed by atoms with van der Waals surface area (Å²) in [6.45, 7) is 0.161. The van der Waals surface area contributed by atoms with Gasteiger partial charge in [0.1, 0.15) is 6.10 Å². The van der Waals surface area contributed by atoms with Crippen molar-refractivity contribution in [3.8, 4) is 5.88 Å². The highest BCUT2D eigenvalue weighted by Gasteiger charge is 2.17. The minimum Gasteiger partial charge on any atom is -0.480 e. The van der Waals surface area contributed by atoms with Gasteiger partial charge in [0.05, 0.1) is 12.0 Å². The first-order valence-corrected chi connectivity index (χ1v) is 6.15. The Labute approximate surface area is 108 Å². The summed E-state index contributed by atoms with van der Waals surface area (Å²) in [6.07, 6.45) is -4.39. The van der Waals surface area contributed by atoms with Crippen LogP contribution in [0.3, 0.4) is 0 Å². The molecule has 0 aliphatic rings. The number of aliphatic hydroxyl groups is 1. The second-order valence-corrected chi connectivity index (χ2v) is 4.92. The van der Waals surface area contributed by atoms with Gasteiger partial charge in [0.15, 0.2) is 5.13 Å². The fourth-order valence-corrected chi connectivity index (χ4v) is 2.13. The minimum absolute atomic E-state index is 0.171. The van der Waals surface area contributed by atoms with E-state index >= 15 is 0 Å². The number of rotatable bonds is 7. The molecule has 0 aliphatic carbocycles. The number of hydrogen-bond acceptors (Lipinski definition) is 6. The molecule has 0 saturated carbocycles. The summed E-state index contributed by atoms with van der Waals surface area (Å²) in [6, 6.07) is 0. The van der Waals surface area contributed by atoms with E-state index in [9.17, 15) is 8.78 Å². The molecule has 1 rings (SSSR count). The Kier molecular flexibility index (Phi) is 5.70. The van der Waals surface area contributed by atoms with Crippen LogP contribution in [0.5, 0.6) is 5.88 Å². The van der Waals surface area contributed by atoms with Crippen molar-refractivity contribution in [1.29, 1.82) is 0 Å². The summed E-state index contributed by atoms with van der Waals surface area (Å²) >= 11 is 1.41. The Hall–Kier alpha value is -0.990. The Morgan fingerprint density at radius 1 is 1.50 bits per heavy atom. The lowest BCUT2D eigenvalue weighted by Gasteiger charge is -2.10. The van der Waals surface area contributed by atoms with Gasteiger partial charge in [-0.05, 0) is 0 Å². The Morgan fingerprint density at radius 3 is 2.67 bits per heavy atom. The number of nitrogens with zero attached hydrogens (tertiary/aromatic N) is 2. The van der Waals surface area contributed by atoms with Crippen LogP contribution < -0.4 is 15.0 Å². The van der Waals surface area contributed by atoms with Crippen LogP contribution in [0.1, 0.15) is 4.88 Å². The van der Waals surface area contributed by atoms with E-state index in [1.165, 1.54) is 18.4 Å². The van der Waals surface area contributed by atoms with Crippen LogP contribution in [-0.4, -0.2) is 50.4 Å². The van der Waals surface area contributed by atoms with Crippen LogP contribution in [0.2, 0.25) is 0 Å². The Morgan fingerprint density at radius 2 is 2.17 bits per heavy atom. The second-order valence-electron chi connectivity index (χ2n) is 3.86. The molecule has 104 valence electrons. The lowest BCUT2D eigenvalue weighted by Crippen LogP contribution is -2.31. The molecular formula is C10H17F2N3O2S. The van der Waals surface area contributed by atoms with E-state index in [0.717, 1.165) is 10.0 Å². The van der Waals surface area contributed by atoms with Crippen molar-refractivity contribution < 1.29 is 18.6 Å². The normalized spacial score (nSPS) is 12.8. The molecule has 0 spiro atoms. The van der Waals surface area contributed by atoms with Crippen molar-refractivity contribution in [1.82, 2.24) is 10.3 Å². The number of aliphatic hydroxyl groups excluding tert-OH is 1. The van der Waals surface area contributed by atoms with E-state index in [1.807, 2.05) is 19.0 Å². The SMILES string of the molecule is COc1nc(N(C)C)sc1CNCC(O)C(F)F. The standard InChI is InChI=1S/C10H17F2N3O2S/c1-15(2)10-14-9(17-3)7(18-10)5-13-4-6(16)8(11)12/h6,8,13,16H,4-5H2,1-3H3. The molecule has 0 fully saturated rings. The topological polar surface area (TPSA) is 57.6 Å². The number of anilines is 1. The smallest absolute Gasteiger partial charge is 0.265 e. The maximum Gasteiger partial charge on any atom is 0.265 e. The van der Waals surface area contributed by atoms with Crippen LogP contribution >= 0.6 is 11.3 Å². The molecule has 5 nitrogen and oxygen atoms in total. The molecule has 0 aromatic carbocycles. The second kappa shape index (κ2) is 6.81. The molecule has 1 heterocycles. The summed E-state index contributed by atoms with van der Waals surface area (Å²) < 4.78 is 29.3. The molecule has 8 heteroatoms. The van der Waals surface area contributed by atoms with Crippen molar-refractivity contribution in [2.24, 2.45) is 0 Å². The number of aromatic nitrogens is 1. The van der Waals surface area contributed by atoms with E-state index in [1.54, 1.807) is 0 Å². The number of hydrogen-bond donors (Lipinski definition) is 2. The molecule has 18 heavy (non-hydrogen) atoms. The average Bonchev–Trinajstić information content (AvgIpc) is 2.72. The van der Waals surface area contributed by atoms with Crippen LogP contribution in [0.15, 0.2) is 0 Å². The van der Waals surface area contributed by atoms with Crippen molar-refractivity contribution >= 4 is 16.5 Å². The van der Waals surface area contributed by atoms with Gasteiger partial charge in [-0.25, -0.2) is 8.78 Å². The van der Waals surface area contributed by atoms with Gasteiger partial charge >= 0.3 is 0 Å². The summed E-state index contributed by atoms with van der Waals surface area (Å²) in [7, 11) is 5.22. The molecule has 0 saturated heterocycles. The van der Waals surface area contributed by atoms with Gasteiger partial charge in [0.2, 0.25) is 5.88 Å². The number of thiazole rings is 1. The summed E-state index contributed by atoms with van der Waals surface area (Å²) in [4.78, 5) is 6.88. The average molecular weight is 281 g/mol. The fraction of sp³-hybridized carbons (Fsp3) is 0.700. The number of nitrogens with one attached hydrogen (secondary N) is 1. The van der Waals surface area contributed by atoms with Crippen molar-refractivity contribution in [2.45, 2.75) is 19.1 Å². The van der Waals surface area contributed by atoms with Crippen molar-refractivity contribution in [3.63, 3.8) is 0 Å². The van der Waals surface area contributed by atoms with Gasteiger partial charge in [-0.1, -0.05) is 11.3 Å². The molecule has 1 unspecified atom stereocenters. The number of methoxy groups -OCH3 is 1. The van der Waals surface area contributed by atoms with Gasteiger partial charge in [0.25, 0.3) is 6.43 Å². The van der Waals surface area contributed by atoms with Crippen molar-refractivity contribution in [2.75, 3.05) is 32.6 Å². The van der Waals surface area contributed by atoms with Crippen LogP contribution in [0.4, 0.5) is 13.9 Å². The minimum atomic E-state index is -2.74. The first kappa shape index (κ1) is 15.1. The largest absolute Gasteiger partial charge is 0.480 e. The molecule has 0 radical (unpaired) electrons. The number of alkyl halides is 2. The number of halogens is 2. The van der Waals surface area contributed by atoms with Crippen LogP contribution in [0.25, 0.3) is 0 Å². The lowest BCUT2D eigenvalue weighted by atomic mass is 10.3. The Balaban J connectivity index is 2.56. The van der Waals surface area contributed by atoms with Gasteiger partial charge in [-0.15, -0.1) is 0 Å². The molecule has 1 atom stereocenters. The molecule has 2 N–H and O–H groups in total. The summed E-state index contributed by atoms with van der Waals surface area (Å²) in [5.41, 5.74) is 0. The zero-order chi connectivity index (χ0) is 13.7. The van der Waals surface area contributed by atoms with Gasteiger partial charge in [-0.3, -0.25) is 0 Å². The first-order chi connectivity index (χ1) is 8.45. The highest BCUT2D eigenvalue weighted by molar-refractivity contribution is 7.15. The predicted octanol–water partition coefficient (Wildman–Crippen LogP) is 0.933. The fourth-order valence-electron chi connectivity index (χ4n) is 1.21. The third-order valence-corrected chi connectivity index (χ3v) is 3.36. The van der Waals surface area contributed by atoms with Crippen molar-refractivity contribution in [3.05, 3.63) is 4.88 Å². The molecule has 0 amide bonds. The third kappa shape index (κ3) is 4.04. The maximum absolute atomic E-state index is 12.1. The predicted molar refractivity (Wildman–Crippen MR) is 66.7 cm³/mol. The van der Waals surface area contributed by atoms with E-state index < -0.39 is 12.5 Å².